The first-order valence-corrected chi connectivity index (χ1v) is 11.6. The third-order valence-corrected chi connectivity index (χ3v) is 6.16. The minimum atomic E-state index is -2.74. The maximum atomic E-state index is 12.7. The number of phenolic OH excluding ortho intramolecular Hbond substituents is 4. The topological polar surface area (TPSA) is 230 Å². The van der Waals surface area contributed by atoms with Crippen molar-refractivity contribution < 1.29 is 69.1 Å². The Balaban J connectivity index is 1.58. The fourth-order valence-electron chi connectivity index (χ4n) is 4.20. The van der Waals surface area contributed by atoms with E-state index < -0.39 is 72.3 Å². The smallest absolute Gasteiger partial charge is 0.367 e. The Morgan fingerprint density at radius 2 is 1.30 bits per heavy atom. The zero-order valence-electron chi connectivity index (χ0n) is 20.4. The summed E-state index contributed by atoms with van der Waals surface area (Å²) in [5, 5.41) is 68.4. The van der Waals surface area contributed by atoms with Crippen LogP contribution in [0.25, 0.3) is 12.2 Å². The van der Waals surface area contributed by atoms with Crippen molar-refractivity contribution in [2.45, 2.75) is 36.3 Å². The molecular weight excluding hydrogens is 536 g/mol. The molecule has 0 aromatic heterocycles. The van der Waals surface area contributed by atoms with Gasteiger partial charge in [0.1, 0.15) is 12.2 Å². The van der Waals surface area contributed by atoms with Gasteiger partial charge in [0.15, 0.2) is 41.3 Å². The fourth-order valence-corrected chi connectivity index (χ4v) is 4.20. The van der Waals surface area contributed by atoms with Crippen molar-refractivity contribution in [2.24, 2.45) is 0 Å². The van der Waals surface area contributed by atoms with Crippen molar-refractivity contribution in [3.8, 4) is 23.0 Å². The summed E-state index contributed by atoms with van der Waals surface area (Å²) in [4.78, 5) is 37.3. The quantitative estimate of drug-likeness (QED) is 0.128. The lowest BCUT2D eigenvalue weighted by Crippen LogP contribution is -2.65. The third-order valence-electron chi connectivity index (χ3n) is 6.16. The van der Waals surface area contributed by atoms with Crippen molar-refractivity contribution in [3.05, 3.63) is 59.7 Å². The van der Waals surface area contributed by atoms with E-state index in [1.807, 2.05) is 0 Å². The summed E-state index contributed by atoms with van der Waals surface area (Å²) >= 11 is 0. The molecule has 4 rings (SSSR count). The average molecular weight is 560 g/mol. The molecule has 2 aliphatic heterocycles. The van der Waals surface area contributed by atoms with Crippen LogP contribution in [0.2, 0.25) is 0 Å². The zero-order valence-corrected chi connectivity index (χ0v) is 20.4. The monoisotopic (exact) mass is 560 g/mol. The standard InChI is InChI=1S/C26H24O14/c27-11-18-21-22(37-19(32)7-3-12-1-5-14(28)16(30)9-12)23(24(34)26(39-18,40-21)25(35)36)38-20(33)8-4-13-2-6-15(29)17(31)10-13/h1-10,18,21-24,27-31,34H,11H2,(H,35,36)/b7-3+,8-4+/t18-,21+,22+,23+,24-,26+/m1/s1. The number of carboxylic acids is 1. The molecule has 0 spiro atoms. The number of hydrogen-bond acceptors (Lipinski definition) is 13. The number of fused-ring (bicyclic) bond motifs is 2. The first-order chi connectivity index (χ1) is 18.9. The molecule has 40 heavy (non-hydrogen) atoms. The van der Waals surface area contributed by atoms with Crippen LogP contribution in [0.5, 0.6) is 23.0 Å². The first kappa shape index (κ1) is 28.4. The molecule has 0 saturated carbocycles. The fraction of sp³-hybridized carbons (Fsp3) is 0.269. The van der Waals surface area contributed by atoms with Crippen LogP contribution in [0, 0.1) is 0 Å². The molecule has 0 radical (unpaired) electrons. The van der Waals surface area contributed by atoms with Gasteiger partial charge in [0, 0.05) is 12.2 Å². The Kier molecular flexibility index (Phi) is 7.97. The van der Waals surface area contributed by atoms with Crippen LogP contribution in [-0.2, 0) is 33.3 Å². The number of ether oxygens (including phenoxy) is 4. The van der Waals surface area contributed by atoms with Crippen molar-refractivity contribution in [2.75, 3.05) is 6.61 Å². The molecule has 0 amide bonds. The van der Waals surface area contributed by atoms with Gasteiger partial charge in [0.05, 0.1) is 6.61 Å². The molecule has 0 unspecified atom stereocenters. The van der Waals surface area contributed by atoms with E-state index in [-0.39, 0.29) is 17.1 Å². The van der Waals surface area contributed by atoms with E-state index in [0.717, 1.165) is 24.3 Å². The van der Waals surface area contributed by atoms with Gasteiger partial charge in [-0.3, -0.25) is 0 Å². The van der Waals surface area contributed by atoms with Gasteiger partial charge in [0.2, 0.25) is 0 Å². The number of esters is 2. The molecule has 2 bridgehead atoms. The molecule has 2 fully saturated rings. The Labute approximate surface area is 225 Å². The van der Waals surface area contributed by atoms with Crippen LogP contribution in [-0.4, -0.2) is 96.6 Å². The van der Waals surface area contributed by atoms with Gasteiger partial charge in [-0.1, -0.05) is 12.1 Å². The van der Waals surface area contributed by atoms with E-state index in [2.05, 4.69) is 0 Å². The number of aliphatic hydroxyl groups excluding tert-OH is 2. The third kappa shape index (κ3) is 5.55. The van der Waals surface area contributed by atoms with Gasteiger partial charge < -0.3 is 54.7 Å². The van der Waals surface area contributed by atoms with Gasteiger partial charge >= 0.3 is 23.7 Å². The van der Waals surface area contributed by atoms with Crippen LogP contribution in [0.15, 0.2) is 48.6 Å². The molecule has 14 heteroatoms. The lowest BCUT2D eigenvalue weighted by Gasteiger charge is -2.41. The molecule has 6 atom stereocenters. The first-order valence-electron chi connectivity index (χ1n) is 11.6. The van der Waals surface area contributed by atoms with Crippen molar-refractivity contribution >= 4 is 30.1 Å². The van der Waals surface area contributed by atoms with Crippen LogP contribution < -0.4 is 0 Å². The van der Waals surface area contributed by atoms with E-state index in [4.69, 9.17) is 18.9 Å². The number of benzene rings is 2. The minimum Gasteiger partial charge on any atom is -0.504 e. The van der Waals surface area contributed by atoms with Gasteiger partial charge in [-0.25, -0.2) is 14.4 Å². The molecule has 7 N–H and O–H groups in total. The van der Waals surface area contributed by atoms with Gasteiger partial charge in [0.25, 0.3) is 0 Å². The summed E-state index contributed by atoms with van der Waals surface area (Å²) in [7, 11) is 0. The van der Waals surface area contributed by atoms with Crippen LogP contribution in [0.1, 0.15) is 11.1 Å². The largest absolute Gasteiger partial charge is 0.504 e. The highest BCUT2D eigenvalue weighted by molar-refractivity contribution is 5.88. The highest BCUT2D eigenvalue weighted by Gasteiger charge is 2.69. The zero-order chi connectivity index (χ0) is 29.2. The van der Waals surface area contributed by atoms with E-state index in [0.29, 0.717) is 5.56 Å². The second-order valence-corrected chi connectivity index (χ2v) is 8.80. The molecule has 2 aliphatic rings. The number of carbonyl (C=O) groups is 3. The minimum absolute atomic E-state index is 0.277. The summed E-state index contributed by atoms with van der Waals surface area (Å²) in [5.41, 5.74) is 0.571. The molecule has 14 nitrogen and oxygen atoms in total. The Morgan fingerprint density at radius 1 is 0.800 bits per heavy atom. The normalized spacial score (nSPS) is 27.6. The Morgan fingerprint density at radius 3 is 1.75 bits per heavy atom. The molecule has 2 heterocycles. The molecule has 2 aromatic rings. The van der Waals surface area contributed by atoms with Gasteiger partial charge in [-0.05, 0) is 47.5 Å². The SMILES string of the molecule is O=C(/C=C/c1ccc(O)c(O)c1)O[C@H]1[C@H]2O[C@@](C(=O)O)(O[C@@H]2CO)[C@H](O)[C@H]1OC(=O)/C=C/c1ccc(O)c(O)c1. The summed E-state index contributed by atoms with van der Waals surface area (Å²) in [6.45, 7) is -0.798. The predicted octanol–water partition coefficient (Wildman–Crippen LogP) is -0.00910. The number of phenols is 4. The van der Waals surface area contributed by atoms with Crippen molar-refractivity contribution in [1.82, 2.24) is 0 Å². The lowest BCUT2D eigenvalue weighted by molar-refractivity contribution is -0.292. The number of aliphatic hydroxyl groups is 2. The van der Waals surface area contributed by atoms with E-state index in [1.54, 1.807) is 0 Å². The highest BCUT2D eigenvalue weighted by atomic mass is 16.8. The number of aliphatic carboxylic acids is 1. The van der Waals surface area contributed by atoms with Crippen LogP contribution in [0.4, 0.5) is 0 Å². The Hall–Kier alpha value is -4.63. The highest BCUT2D eigenvalue weighted by Crippen LogP contribution is 2.43. The van der Waals surface area contributed by atoms with Crippen molar-refractivity contribution in [1.29, 1.82) is 0 Å². The summed E-state index contributed by atoms with van der Waals surface area (Å²) in [6.07, 6.45) is -4.37. The molecular formula is C26H24O14. The number of rotatable bonds is 8. The average Bonchev–Trinajstić information content (AvgIpc) is 3.29. The van der Waals surface area contributed by atoms with E-state index >= 15 is 0 Å². The summed E-state index contributed by atoms with van der Waals surface area (Å²) in [6, 6.07) is 7.40. The van der Waals surface area contributed by atoms with E-state index in [1.165, 1.54) is 36.4 Å². The maximum Gasteiger partial charge on any atom is 0.367 e. The number of carboxylic acid groups (broad SMARTS) is 1. The second kappa shape index (κ2) is 11.2. The number of hydrogen-bond donors (Lipinski definition) is 7. The van der Waals surface area contributed by atoms with Gasteiger partial charge in [-0.2, -0.15) is 0 Å². The maximum absolute atomic E-state index is 12.7. The predicted molar refractivity (Wildman–Crippen MR) is 131 cm³/mol. The summed E-state index contributed by atoms with van der Waals surface area (Å²) < 4.78 is 21.3. The molecule has 2 aromatic carbocycles. The van der Waals surface area contributed by atoms with E-state index in [9.17, 15) is 50.1 Å². The van der Waals surface area contributed by atoms with Crippen LogP contribution in [0.3, 0.4) is 0 Å². The number of aromatic hydroxyl groups is 4. The Bertz CT molecular complexity index is 1370. The van der Waals surface area contributed by atoms with Gasteiger partial charge in [-0.15, -0.1) is 0 Å². The summed E-state index contributed by atoms with van der Waals surface area (Å²) in [5.74, 6) is -8.37. The van der Waals surface area contributed by atoms with Crippen LogP contribution >= 0.6 is 0 Å². The molecule has 212 valence electrons. The second-order valence-electron chi connectivity index (χ2n) is 8.80. The number of carbonyl (C=O) groups excluding carboxylic acids is 2. The molecule has 0 aliphatic carbocycles. The lowest BCUT2D eigenvalue weighted by atomic mass is 9.92. The molecule has 2 saturated heterocycles. The van der Waals surface area contributed by atoms with Crippen molar-refractivity contribution in [3.63, 3.8) is 0 Å².